The summed E-state index contributed by atoms with van der Waals surface area (Å²) in [4.78, 5) is 0. The van der Waals surface area contributed by atoms with Gasteiger partial charge in [0.15, 0.2) is 0 Å². The number of hydrogen-bond donors (Lipinski definition) is 0. The SMILES string of the molecule is CC1=CCC(C2=CC[C-]=C2)=C1C.[Cl-].[Cl-].[Hf]. The first-order valence-corrected chi connectivity index (χ1v) is 4.43. The molecule has 0 aromatic heterocycles. The number of hydrogen-bond acceptors (Lipinski definition) is 0. The second kappa shape index (κ2) is 7.65. The summed E-state index contributed by atoms with van der Waals surface area (Å²) >= 11 is 0. The van der Waals surface area contributed by atoms with Crippen LogP contribution in [0.3, 0.4) is 0 Å². The molecule has 0 amide bonds. The van der Waals surface area contributed by atoms with Crippen molar-refractivity contribution in [3.05, 3.63) is 46.6 Å². The van der Waals surface area contributed by atoms with E-state index in [9.17, 15) is 0 Å². The van der Waals surface area contributed by atoms with Gasteiger partial charge >= 0.3 is 0 Å². The Morgan fingerprint density at radius 3 is 2.20 bits per heavy atom. The molecular formula is C12H13Cl2Hf-3. The predicted molar refractivity (Wildman–Crippen MR) is 51.6 cm³/mol. The Bertz CT molecular complexity index is 336. The molecule has 0 spiro atoms. The fraction of sp³-hybridized carbons (Fsp3) is 0.333. The van der Waals surface area contributed by atoms with Crippen LogP contribution >= 0.6 is 0 Å². The van der Waals surface area contributed by atoms with Crippen LogP contribution in [-0.2, 0) is 25.8 Å². The van der Waals surface area contributed by atoms with Crippen molar-refractivity contribution in [1.82, 2.24) is 0 Å². The van der Waals surface area contributed by atoms with E-state index in [1.807, 2.05) is 0 Å². The largest absolute Gasteiger partial charge is 1.00 e. The zero-order valence-electron chi connectivity index (χ0n) is 8.90. The van der Waals surface area contributed by atoms with Crippen LogP contribution in [0.1, 0.15) is 26.7 Å². The summed E-state index contributed by atoms with van der Waals surface area (Å²) in [5.74, 6) is 0. The van der Waals surface area contributed by atoms with Crippen LogP contribution < -0.4 is 24.8 Å². The maximum atomic E-state index is 3.21. The molecule has 0 aliphatic heterocycles. The Morgan fingerprint density at radius 1 is 1.13 bits per heavy atom. The molecule has 0 saturated heterocycles. The molecule has 0 fully saturated rings. The zero-order chi connectivity index (χ0) is 8.55. The molecule has 2 rings (SSSR count). The Morgan fingerprint density at radius 2 is 1.80 bits per heavy atom. The molecule has 2 aliphatic rings. The topological polar surface area (TPSA) is 0 Å². The van der Waals surface area contributed by atoms with E-state index in [-0.39, 0.29) is 50.7 Å². The van der Waals surface area contributed by atoms with Crippen LogP contribution in [0.5, 0.6) is 0 Å². The van der Waals surface area contributed by atoms with Crippen LogP contribution in [0.2, 0.25) is 0 Å². The van der Waals surface area contributed by atoms with E-state index in [4.69, 9.17) is 0 Å². The van der Waals surface area contributed by atoms with Crippen LogP contribution in [0, 0.1) is 6.08 Å². The van der Waals surface area contributed by atoms with Gasteiger partial charge in [-0.2, -0.15) is 11.6 Å². The summed E-state index contributed by atoms with van der Waals surface area (Å²) in [7, 11) is 0. The number of halogens is 2. The van der Waals surface area contributed by atoms with Crippen molar-refractivity contribution in [2.75, 3.05) is 0 Å². The zero-order valence-corrected chi connectivity index (χ0v) is 14.0. The van der Waals surface area contributed by atoms with Gasteiger partial charge in [0.1, 0.15) is 0 Å². The van der Waals surface area contributed by atoms with Crippen molar-refractivity contribution < 1.29 is 50.7 Å². The molecule has 0 atom stereocenters. The van der Waals surface area contributed by atoms with Crippen molar-refractivity contribution in [1.29, 1.82) is 0 Å². The first kappa shape index (κ1) is 17.8. The molecule has 3 heteroatoms. The molecule has 0 heterocycles. The maximum Gasteiger partial charge on any atom is 0 e. The van der Waals surface area contributed by atoms with Crippen molar-refractivity contribution >= 4 is 0 Å². The van der Waals surface area contributed by atoms with Crippen LogP contribution in [0.25, 0.3) is 0 Å². The van der Waals surface area contributed by atoms with Gasteiger partial charge in [-0.15, -0.1) is 12.0 Å². The molecule has 0 bridgehead atoms. The van der Waals surface area contributed by atoms with Crippen molar-refractivity contribution in [3.8, 4) is 0 Å². The van der Waals surface area contributed by atoms with Gasteiger partial charge in [-0.05, 0) is 20.3 Å². The Kier molecular flexibility index (Phi) is 9.07. The third-order valence-electron chi connectivity index (χ3n) is 2.70. The molecule has 0 radical (unpaired) electrons. The number of rotatable bonds is 1. The van der Waals surface area contributed by atoms with Crippen molar-refractivity contribution in [2.45, 2.75) is 26.7 Å². The molecule has 0 unspecified atom stereocenters. The van der Waals surface area contributed by atoms with E-state index in [0.717, 1.165) is 12.8 Å². The Hall–Kier alpha value is 0.410. The normalized spacial score (nSPS) is 17.5. The predicted octanol–water partition coefficient (Wildman–Crippen LogP) is -2.65. The van der Waals surface area contributed by atoms with E-state index in [2.05, 4.69) is 38.2 Å². The van der Waals surface area contributed by atoms with Crippen LogP contribution in [0.15, 0.2) is 40.5 Å². The monoisotopic (exact) mass is 407 g/mol. The van der Waals surface area contributed by atoms with Crippen molar-refractivity contribution in [3.63, 3.8) is 0 Å². The molecule has 0 N–H and O–H groups in total. The fourth-order valence-corrected chi connectivity index (χ4v) is 1.74. The Balaban J connectivity index is 0. The maximum absolute atomic E-state index is 3.21. The average Bonchev–Trinajstić information content (AvgIpc) is 2.64. The van der Waals surface area contributed by atoms with E-state index in [1.165, 1.54) is 22.3 Å². The third-order valence-corrected chi connectivity index (χ3v) is 2.70. The molecule has 0 aromatic rings. The van der Waals surface area contributed by atoms with E-state index < -0.39 is 0 Å². The second-order valence-electron chi connectivity index (χ2n) is 3.41. The van der Waals surface area contributed by atoms with Gasteiger partial charge in [-0.1, -0.05) is 17.2 Å². The second-order valence-corrected chi connectivity index (χ2v) is 3.41. The molecule has 15 heavy (non-hydrogen) atoms. The molecule has 0 nitrogen and oxygen atoms in total. The molecule has 2 aliphatic carbocycles. The first-order chi connectivity index (χ1) is 5.79. The van der Waals surface area contributed by atoms with Crippen molar-refractivity contribution in [2.24, 2.45) is 0 Å². The summed E-state index contributed by atoms with van der Waals surface area (Å²) in [6.45, 7) is 4.40. The first-order valence-electron chi connectivity index (χ1n) is 4.43. The van der Waals surface area contributed by atoms with E-state index in [1.54, 1.807) is 0 Å². The summed E-state index contributed by atoms with van der Waals surface area (Å²) in [6, 6.07) is 0. The van der Waals surface area contributed by atoms with Gasteiger partial charge in [-0.3, -0.25) is 6.08 Å². The minimum absolute atomic E-state index is 0. The summed E-state index contributed by atoms with van der Waals surface area (Å²) in [6.07, 6.45) is 12.0. The molecule has 82 valence electrons. The summed E-state index contributed by atoms with van der Waals surface area (Å²) < 4.78 is 0. The van der Waals surface area contributed by atoms with Crippen LogP contribution in [0.4, 0.5) is 0 Å². The van der Waals surface area contributed by atoms with Gasteiger partial charge in [-0.25, -0.2) is 6.08 Å². The molecular weight excluding hydrogens is 394 g/mol. The van der Waals surface area contributed by atoms with Gasteiger partial charge in [0.2, 0.25) is 0 Å². The van der Waals surface area contributed by atoms with Gasteiger partial charge in [0.25, 0.3) is 0 Å². The Labute approximate surface area is 123 Å². The minimum atomic E-state index is 0. The smallest absolute Gasteiger partial charge is 0 e. The van der Waals surface area contributed by atoms with Gasteiger partial charge < -0.3 is 24.8 Å². The van der Waals surface area contributed by atoms with Gasteiger partial charge in [0, 0.05) is 25.8 Å². The quantitative estimate of drug-likeness (QED) is 0.330. The van der Waals surface area contributed by atoms with E-state index in [0.29, 0.717) is 0 Å². The fourth-order valence-electron chi connectivity index (χ4n) is 1.74. The average molecular weight is 407 g/mol. The minimum Gasteiger partial charge on any atom is -1.00 e. The molecule has 0 saturated carbocycles. The third kappa shape index (κ3) is 3.72. The van der Waals surface area contributed by atoms with Gasteiger partial charge in [0.05, 0.1) is 0 Å². The number of allylic oxidation sites excluding steroid dienone is 8. The summed E-state index contributed by atoms with van der Waals surface area (Å²) in [5, 5.41) is 0. The standard InChI is InChI=1S/C12H13.2ClH.Hf/c1-9-7-8-12(10(9)2)11-5-3-4-6-11;;;/h5-7H,3,8H2,1-2H3;2*1H;/q-1;;;/p-2. The molecule has 0 aromatic carbocycles. The van der Waals surface area contributed by atoms with Crippen LogP contribution in [-0.4, -0.2) is 0 Å². The summed E-state index contributed by atoms with van der Waals surface area (Å²) in [5.41, 5.74) is 5.78. The van der Waals surface area contributed by atoms with E-state index >= 15 is 0 Å².